The number of hydrogen-bond donors (Lipinski definition) is 2. The van der Waals surface area contributed by atoms with Crippen LogP contribution in [-0.2, 0) is 4.79 Å². The van der Waals surface area contributed by atoms with Crippen molar-refractivity contribution < 1.29 is 9.18 Å². The molecule has 104 valence electrons. The van der Waals surface area contributed by atoms with E-state index in [0.29, 0.717) is 16.3 Å². The van der Waals surface area contributed by atoms with Crippen LogP contribution in [0.4, 0.5) is 10.1 Å². The summed E-state index contributed by atoms with van der Waals surface area (Å²) in [6.07, 6.45) is 0. The maximum atomic E-state index is 13.2. The molecular formula is C14H11BrClFN2O. The van der Waals surface area contributed by atoms with Crippen LogP contribution in [0.15, 0.2) is 46.9 Å². The van der Waals surface area contributed by atoms with Gasteiger partial charge in [0.15, 0.2) is 0 Å². The molecule has 0 radical (unpaired) electrons. The first-order valence-corrected chi connectivity index (χ1v) is 6.91. The van der Waals surface area contributed by atoms with Gasteiger partial charge in [-0.15, -0.1) is 0 Å². The number of amides is 1. The van der Waals surface area contributed by atoms with Gasteiger partial charge in [0, 0.05) is 10.7 Å². The fourth-order valence-corrected chi connectivity index (χ4v) is 2.25. The molecule has 3 N–H and O–H groups in total. The number of carbonyl (C=O) groups is 1. The van der Waals surface area contributed by atoms with E-state index in [9.17, 15) is 9.18 Å². The van der Waals surface area contributed by atoms with Crippen molar-refractivity contribution in [1.29, 1.82) is 0 Å². The van der Waals surface area contributed by atoms with E-state index in [1.165, 1.54) is 18.2 Å². The molecule has 3 nitrogen and oxygen atoms in total. The molecular weight excluding hydrogens is 347 g/mol. The predicted molar refractivity (Wildman–Crippen MR) is 81.1 cm³/mol. The zero-order chi connectivity index (χ0) is 14.7. The van der Waals surface area contributed by atoms with Gasteiger partial charge in [-0.05, 0) is 57.9 Å². The summed E-state index contributed by atoms with van der Waals surface area (Å²) in [4.78, 5) is 11.6. The molecule has 0 aliphatic rings. The van der Waals surface area contributed by atoms with Crippen LogP contribution in [0.5, 0.6) is 0 Å². The first kappa shape index (κ1) is 14.8. The van der Waals surface area contributed by atoms with E-state index in [-0.39, 0.29) is 4.47 Å². The molecule has 0 bridgehead atoms. The molecule has 0 aromatic heterocycles. The number of carbonyl (C=O) groups excluding carboxylic acids is 1. The van der Waals surface area contributed by atoms with Crippen molar-refractivity contribution >= 4 is 39.1 Å². The summed E-state index contributed by atoms with van der Waals surface area (Å²) >= 11 is 8.88. The Kier molecular flexibility index (Phi) is 4.62. The number of nitrogens with two attached hydrogens (primary N) is 1. The first-order valence-electron chi connectivity index (χ1n) is 5.74. The maximum Gasteiger partial charge on any atom is 0.244 e. The van der Waals surface area contributed by atoms with Gasteiger partial charge in [0.2, 0.25) is 5.91 Å². The Labute approximate surface area is 129 Å². The third-order valence-corrected chi connectivity index (χ3v) is 3.58. The highest BCUT2D eigenvalue weighted by molar-refractivity contribution is 9.10. The van der Waals surface area contributed by atoms with Crippen molar-refractivity contribution in [3.63, 3.8) is 0 Å². The predicted octanol–water partition coefficient (Wildman–Crippen LogP) is 3.88. The zero-order valence-electron chi connectivity index (χ0n) is 10.2. The number of hydrogen-bond acceptors (Lipinski definition) is 2. The van der Waals surface area contributed by atoms with Gasteiger partial charge in [0.1, 0.15) is 11.9 Å². The summed E-state index contributed by atoms with van der Waals surface area (Å²) in [5.41, 5.74) is 6.66. The fourth-order valence-electron chi connectivity index (χ4n) is 1.72. The smallest absolute Gasteiger partial charge is 0.244 e. The molecule has 0 saturated carbocycles. The summed E-state index contributed by atoms with van der Waals surface area (Å²) in [7, 11) is 0. The van der Waals surface area contributed by atoms with E-state index < -0.39 is 17.8 Å². The number of anilines is 1. The molecule has 0 aliphatic heterocycles. The van der Waals surface area contributed by atoms with Gasteiger partial charge in [-0.3, -0.25) is 4.79 Å². The van der Waals surface area contributed by atoms with Crippen LogP contribution in [0.2, 0.25) is 5.02 Å². The topological polar surface area (TPSA) is 55.1 Å². The van der Waals surface area contributed by atoms with E-state index in [1.807, 2.05) is 0 Å². The lowest BCUT2D eigenvalue weighted by Crippen LogP contribution is -2.27. The van der Waals surface area contributed by atoms with Gasteiger partial charge in [-0.2, -0.15) is 0 Å². The van der Waals surface area contributed by atoms with Crippen LogP contribution in [-0.4, -0.2) is 5.91 Å². The third kappa shape index (κ3) is 3.49. The van der Waals surface area contributed by atoms with Crippen LogP contribution < -0.4 is 11.1 Å². The molecule has 0 spiro atoms. The summed E-state index contributed by atoms with van der Waals surface area (Å²) in [5.74, 6) is -0.957. The van der Waals surface area contributed by atoms with Crippen molar-refractivity contribution in [1.82, 2.24) is 0 Å². The van der Waals surface area contributed by atoms with Gasteiger partial charge in [-0.25, -0.2) is 4.39 Å². The van der Waals surface area contributed by atoms with Crippen LogP contribution >= 0.6 is 27.5 Å². The molecule has 1 unspecified atom stereocenters. The Morgan fingerprint density at radius 1 is 1.25 bits per heavy atom. The Morgan fingerprint density at radius 2 is 1.90 bits per heavy atom. The molecule has 20 heavy (non-hydrogen) atoms. The van der Waals surface area contributed by atoms with E-state index in [0.717, 1.165) is 0 Å². The van der Waals surface area contributed by atoms with E-state index in [4.69, 9.17) is 17.3 Å². The Balaban J connectivity index is 2.29. The number of primary amides is 1. The number of benzene rings is 2. The summed E-state index contributed by atoms with van der Waals surface area (Å²) < 4.78 is 13.5. The minimum atomic E-state index is -0.756. The minimum absolute atomic E-state index is 0.277. The van der Waals surface area contributed by atoms with E-state index in [1.54, 1.807) is 24.3 Å². The lowest BCUT2D eigenvalue weighted by atomic mass is 10.1. The largest absolute Gasteiger partial charge is 0.370 e. The average Bonchev–Trinajstić information content (AvgIpc) is 2.41. The van der Waals surface area contributed by atoms with Crippen molar-refractivity contribution in [2.45, 2.75) is 6.04 Å². The SMILES string of the molecule is NC(=O)C(Nc1ccc(Cl)cc1)c1ccc(F)c(Br)c1. The normalized spacial score (nSPS) is 11.9. The van der Waals surface area contributed by atoms with Gasteiger partial charge < -0.3 is 11.1 Å². The van der Waals surface area contributed by atoms with E-state index >= 15 is 0 Å². The fraction of sp³-hybridized carbons (Fsp3) is 0.0714. The maximum absolute atomic E-state index is 13.2. The summed E-state index contributed by atoms with van der Waals surface area (Å²) in [6.45, 7) is 0. The molecule has 0 aliphatic carbocycles. The molecule has 0 saturated heterocycles. The number of rotatable bonds is 4. The average molecular weight is 358 g/mol. The molecule has 1 atom stereocenters. The van der Waals surface area contributed by atoms with Crippen LogP contribution in [0, 0.1) is 5.82 Å². The van der Waals surface area contributed by atoms with Crippen molar-refractivity contribution in [3.05, 3.63) is 63.3 Å². The first-order chi connectivity index (χ1) is 9.47. The summed E-state index contributed by atoms with van der Waals surface area (Å²) in [5, 5.41) is 3.59. The van der Waals surface area contributed by atoms with Gasteiger partial charge >= 0.3 is 0 Å². The van der Waals surface area contributed by atoms with E-state index in [2.05, 4.69) is 21.2 Å². The molecule has 2 aromatic carbocycles. The van der Waals surface area contributed by atoms with Gasteiger partial charge in [0.05, 0.1) is 4.47 Å². The Hall–Kier alpha value is -1.59. The highest BCUT2D eigenvalue weighted by Crippen LogP contribution is 2.25. The molecule has 1 amide bonds. The quantitative estimate of drug-likeness (QED) is 0.872. The van der Waals surface area contributed by atoms with Crippen molar-refractivity contribution in [2.75, 3.05) is 5.32 Å². The second-order valence-electron chi connectivity index (χ2n) is 4.16. The molecule has 0 heterocycles. The second kappa shape index (κ2) is 6.24. The number of halogens is 3. The lowest BCUT2D eigenvalue weighted by molar-refractivity contribution is -0.118. The monoisotopic (exact) mass is 356 g/mol. The lowest BCUT2D eigenvalue weighted by Gasteiger charge is -2.17. The molecule has 0 fully saturated rings. The Bertz CT molecular complexity index is 634. The summed E-state index contributed by atoms with van der Waals surface area (Å²) in [6, 6.07) is 10.4. The van der Waals surface area contributed by atoms with Crippen molar-refractivity contribution in [3.8, 4) is 0 Å². The minimum Gasteiger partial charge on any atom is -0.370 e. The van der Waals surface area contributed by atoms with Crippen LogP contribution in [0.1, 0.15) is 11.6 Å². The standard InChI is InChI=1S/C14H11BrClFN2O/c15-11-7-8(1-6-12(11)17)13(14(18)20)19-10-4-2-9(16)3-5-10/h1-7,13,19H,(H2,18,20). The third-order valence-electron chi connectivity index (χ3n) is 2.72. The highest BCUT2D eigenvalue weighted by atomic mass is 79.9. The molecule has 2 rings (SSSR count). The molecule has 2 aromatic rings. The van der Waals surface area contributed by atoms with Crippen molar-refractivity contribution in [2.24, 2.45) is 5.73 Å². The van der Waals surface area contributed by atoms with Gasteiger partial charge in [-0.1, -0.05) is 17.7 Å². The molecule has 6 heteroatoms. The van der Waals surface area contributed by atoms with Gasteiger partial charge in [0.25, 0.3) is 0 Å². The highest BCUT2D eigenvalue weighted by Gasteiger charge is 2.18. The second-order valence-corrected chi connectivity index (χ2v) is 5.45. The van der Waals surface area contributed by atoms with Crippen LogP contribution in [0.3, 0.4) is 0 Å². The van der Waals surface area contributed by atoms with Crippen LogP contribution in [0.25, 0.3) is 0 Å². The zero-order valence-corrected chi connectivity index (χ0v) is 12.6. The number of nitrogens with one attached hydrogen (secondary N) is 1. The Morgan fingerprint density at radius 3 is 2.45 bits per heavy atom.